The molecular weight excluding hydrogens is 432 g/mol. The molecule has 0 amide bonds. The van der Waals surface area contributed by atoms with Gasteiger partial charge in [0.25, 0.3) is 0 Å². The van der Waals surface area contributed by atoms with Crippen LogP contribution in [0.4, 0.5) is 0 Å². The highest BCUT2D eigenvalue weighted by Gasteiger charge is 2.59. The van der Waals surface area contributed by atoms with Crippen LogP contribution in [-0.4, -0.2) is 35.6 Å². The molecule has 0 aromatic carbocycles. The summed E-state index contributed by atoms with van der Waals surface area (Å²) in [6, 6.07) is 0. The van der Waals surface area contributed by atoms with E-state index >= 15 is 0 Å². The first-order chi connectivity index (χ1) is 16.9. The number of ether oxygens (including phenoxy) is 1. The third-order valence-corrected chi connectivity index (χ3v) is 11.7. The van der Waals surface area contributed by atoms with Crippen molar-refractivity contribution in [2.24, 2.45) is 46.3 Å². The van der Waals surface area contributed by atoms with Crippen molar-refractivity contribution in [1.82, 2.24) is 0 Å². The fraction of sp³-hybridized carbons (Fsp3) is 1.00. The summed E-state index contributed by atoms with van der Waals surface area (Å²) in [5.41, 5.74) is 1.04. The van der Waals surface area contributed by atoms with Crippen molar-refractivity contribution >= 4 is 0 Å². The van der Waals surface area contributed by atoms with E-state index in [0.29, 0.717) is 16.7 Å². The van der Waals surface area contributed by atoms with Crippen LogP contribution in [0.25, 0.3) is 0 Å². The molecule has 1 heterocycles. The minimum atomic E-state index is -0.110. The lowest BCUT2D eigenvalue weighted by Gasteiger charge is -2.61. The van der Waals surface area contributed by atoms with Crippen LogP contribution in [0.5, 0.6) is 0 Å². The molecule has 35 heavy (non-hydrogen) atoms. The van der Waals surface area contributed by atoms with Crippen molar-refractivity contribution in [1.29, 1.82) is 0 Å². The van der Waals surface area contributed by atoms with Crippen molar-refractivity contribution in [3.63, 3.8) is 0 Å². The van der Waals surface area contributed by atoms with E-state index in [0.717, 1.165) is 74.9 Å². The van der Waals surface area contributed by atoms with Crippen molar-refractivity contribution in [2.45, 2.75) is 144 Å². The Bertz CT molecular complexity index is 616. The molecule has 3 nitrogen and oxygen atoms in total. The lowest BCUT2D eigenvalue weighted by Crippen LogP contribution is -2.53. The molecule has 3 heteroatoms. The van der Waals surface area contributed by atoms with Gasteiger partial charge in [0.2, 0.25) is 0 Å². The van der Waals surface area contributed by atoms with Crippen LogP contribution in [0.15, 0.2) is 0 Å². The first kappa shape index (κ1) is 29.4. The van der Waals surface area contributed by atoms with Gasteiger partial charge < -0.3 is 14.9 Å². The fourth-order valence-corrected chi connectivity index (χ4v) is 9.73. The van der Waals surface area contributed by atoms with E-state index < -0.39 is 0 Å². The summed E-state index contributed by atoms with van der Waals surface area (Å²) in [6.45, 7) is 14.9. The van der Waals surface area contributed by atoms with E-state index in [9.17, 15) is 10.2 Å². The highest BCUT2D eigenvalue weighted by molar-refractivity contribution is 5.09. The topological polar surface area (TPSA) is 49.7 Å². The Labute approximate surface area is 218 Å². The fourth-order valence-electron chi connectivity index (χ4n) is 9.73. The molecule has 0 bridgehead atoms. The van der Waals surface area contributed by atoms with Crippen LogP contribution in [0, 0.1) is 46.3 Å². The molecule has 5 aliphatic rings. The van der Waals surface area contributed by atoms with E-state index in [4.69, 9.17) is 4.74 Å². The minimum Gasteiger partial charge on any atom is -0.393 e. The zero-order valence-corrected chi connectivity index (χ0v) is 24.2. The number of aliphatic hydroxyl groups excluding tert-OH is 2. The van der Waals surface area contributed by atoms with Crippen molar-refractivity contribution in [3.05, 3.63) is 0 Å². The van der Waals surface area contributed by atoms with Crippen LogP contribution in [0.1, 0.15) is 131 Å². The zero-order valence-electron chi connectivity index (χ0n) is 24.2. The summed E-state index contributed by atoms with van der Waals surface area (Å²) in [5.74, 6) is 4.89. The van der Waals surface area contributed by atoms with Crippen LogP contribution < -0.4 is 0 Å². The average Bonchev–Trinajstić information content (AvgIpc) is 3.23. The molecule has 5 rings (SSSR count). The molecule has 7 unspecified atom stereocenters. The van der Waals surface area contributed by atoms with Crippen LogP contribution in [0.3, 0.4) is 0 Å². The molecule has 0 radical (unpaired) electrons. The number of hydrogen-bond donors (Lipinski definition) is 2. The van der Waals surface area contributed by atoms with Gasteiger partial charge in [-0.1, -0.05) is 48.0 Å². The molecule has 9 atom stereocenters. The Morgan fingerprint density at radius 2 is 1.46 bits per heavy atom. The van der Waals surface area contributed by atoms with Gasteiger partial charge in [0.05, 0.1) is 12.2 Å². The van der Waals surface area contributed by atoms with E-state index in [1.165, 1.54) is 57.8 Å². The molecule has 4 aliphatic carbocycles. The smallest absolute Gasteiger partial charge is 0.0570 e. The first-order valence-corrected chi connectivity index (χ1v) is 15.9. The first-order valence-electron chi connectivity index (χ1n) is 15.9. The monoisotopic (exact) mass is 492 g/mol. The van der Waals surface area contributed by atoms with E-state index in [2.05, 4.69) is 13.8 Å². The van der Waals surface area contributed by atoms with Gasteiger partial charge in [0.15, 0.2) is 0 Å². The predicted molar refractivity (Wildman–Crippen MR) is 147 cm³/mol. The molecule has 206 valence electrons. The maximum absolute atomic E-state index is 10.7. The standard InChI is InChI=1S/C28H48O3.2C2H6/c1-27-15-11-25-23(8-6-21-18-22(29)10-14-28(21,25)2)24(27)9-7-20(27)4-3-5-26(30)19-12-16-31-17-13-19;2*1-2/h19-26,29-30H,3-18H2,1-2H3;2*1-2H3/t20?,21-,22?,23?,24?,25?,26?,27?,28+;;/m1../s1. The Hall–Kier alpha value is -0.120. The minimum absolute atomic E-state index is 0.0316. The number of hydrogen-bond acceptors (Lipinski definition) is 3. The highest BCUT2D eigenvalue weighted by atomic mass is 16.5. The van der Waals surface area contributed by atoms with Gasteiger partial charge in [-0.3, -0.25) is 0 Å². The van der Waals surface area contributed by atoms with Gasteiger partial charge in [0.1, 0.15) is 0 Å². The van der Waals surface area contributed by atoms with Crippen LogP contribution in [-0.2, 0) is 4.74 Å². The molecule has 1 saturated heterocycles. The maximum Gasteiger partial charge on any atom is 0.0570 e. The van der Waals surface area contributed by atoms with Crippen molar-refractivity contribution in [3.8, 4) is 0 Å². The third-order valence-electron chi connectivity index (χ3n) is 11.7. The van der Waals surface area contributed by atoms with Gasteiger partial charge in [0, 0.05) is 13.2 Å². The summed E-state index contributed by atoms with van der Waals surface area (Å²) in [4.78, 5) is 0. The Morgan fingerprint density at radius 3 is 2.17 bits per heavy atom. The van der Waals surface area contributed by atoms with E-state index in [-0.39, 0.29) is 12.2 Å². The van der Waals surface area contributed by atoms with Gasteiger partial charge in [-0.15, -0.1) is 0 Å². The number of rotatable bonds is 5. The summed E-state index contributed by atoms with van der Waals surface area (Å²) < 4.78 is 5.47. The number of fused-ring (bicyclic) bond motifs is 5. The van der Waals surface area contributed by atoms with Gasteiger partial charge >= 0.3 is 0 Å². The zero-order chi connectivity index (χ0) is 25.6. The van der Waals surface area contributed by atoms with Gasteiger partial charge in [-0.2, -0.15) is 0 Å². The molecule has 0 aromatic rings. The lowest BCUT2D eigenvalue weighted by atomic mass is 9.44. The maximum atomic E-state index is 10.7. The van der Waals surface area contributed by atoms with Gasteiger partial charge in [-0.05, 0) is 130 Å². The molecule has 2 N–H and O–H groups in total. The van der Waals surface area contributed by atoms with Gasteiger partial charge in [-0.25, -0.2) is 0 Å². The van der Waals surface area contributed by atoms with Crippen molar-refractivity contribution in [2.75, 3.05) is 13.2 Å². The second-order valence-electron chi connectivity index (χ2n) is 12.9. The molecule has 1 aliphatic heterocycles. The SMILES string of the molecule is CC.CC.CC12CCC3C(CC[C@@H]4CC(O)CC[C@]34C)C1CCC2CCCC(O)C1CCOCC1. The quantitative estimate of drug-likeness (QED) is 0.408. The Kier molecular flexibility index (Phi) is 11.0. The Morgan fingerprint density at radius 1 is 0.800 bits per heavy atom. The predicted octanol–water partition coefficient (Wildman–Crippen LogP) is 8.02. The lowest BCUT2D eigenvalue weighted by molar-refractivity contribution is -0.127. The summed E-state index contributed by atoms with van der Waals surface area (Å²) in [6.07, 6.45) is 17.4. The largest absolute Gasteiger partial charge is 0.393 e. The summed E-state index contributed by atoms with van der Waals surface area (Å²) in [7, 11) is 0. The average molecular weight is 493 g/mol. The molecule has 4 saturated carbocycles. The second kappa shape index (κ2) is 13.1. The molecular formula is C32H60O3. The molecule has 0 aromatic heterocycles. The summed E-state index contributed by atoms with van der Waals surface area (Å²) in [5, 5.41) is 20.9. The van der Waals surface area contributed by atoms with Crippen LogP contribution >= 0.6 is 0 Å². The Balaban J connectivity index is 0.000000815. The van der Waals surface area contributed by atoms with Crippen molar-refractivity contribution < 1.29 is 14.9 Å². The summed E-state index contributed by atoms with van der Waals surface area (Å²) >= 11 is 0. The van der Waals surface area contributed by atoms with E-state index in [1.54, 1.807) is 0 Å². The number of aliphatic hydroxyl groups is 2. The molecule has 5 fully saturated rings. The normalized spacial score (nSPS) is 43.9. The second-order valence-corrected chi connectivity index (χ2v) is 12.9. The third kappa shape index (κ3) is 5.98. The molecule has 0 spiro atoms. The highest BCUT2D eigenvalue weighted by Crippen LogP contribution is 2.67. The van der Waals surface area contributed by atoms with E-state index in [1.807, 2.05) is 27.7 Å². The van der Waals surface area contributed by atoms with Crippen LogP contribution in [0.2, 0.25) is 0 Å².